The Labute approximate surface area is 137 Å². The Balaban J connectivity index is 1.95. The first kappa shape index (κ1) is 16.3. The van der Waals surface area contributed by atoms with E-state index in [4.69, 9.17) is 4.52 Å². The molecule has 0 aliphatic heterocycles. The summed E-state index contributed by atoms with van der Waals surface area (Å²) in [6, 6.07) is 15.7. The topological polar surface area (TPSA) is 46.5 Å². The molecule has 23 heavy (non-hydrogen) atoms. The van der Waals surface area contributed by atoms with Crippen LogP contribution in [0.4, 0.5) is 0 Å². The Morgan fingerprint density at radius 1 is 1.00 bits per heavy atom. The average molecular weight is 330 g/mol. The van der Waals surface area contributed by atoms with Crippen molar-refractivity contribution < 1.29 is 14.0 Å². The molecule has 1 aliphatic carbocycles. The van der Waals surface area contributed by atoms with E-state index in [9.17, 15) is 9.46 Å². The first-order valence-corrected chi connectivity index (χ1v) is 9.90. The largest absolute Gasteiger partial charge is 0.423 e. The number of para-hydroxylation sites is 1. The van der Waals surface area contributed by atoms with Crippen molar-refractivity contribution in [3.05, 3.63) is 54.1 Å². The van der Waals surface area contributed by atoms with Gasteiger partial charge in [0.05, 0.1) is 5.66 Å². The van der Waals surface area contributed by atoms with Gasteiger partial charge in [-0.15, -0.1) is 0 Å². The molecule has 0 amide bonds. The molecular weight excluding hydrogens is 307 g/mol. The highest BCUT2D eigenvalue weighted by molar-refractivity contribution is 7.54. The summed E-state index contributed by atoms with van der Waals surface area (Å²) in [7, 11) is -3.66. The normalized spacial score (nSPS) is 18.3. The Morgan fingerprint density at radius 3 is 2.39 bits per heavy atom. The van der Waals surface area contributed by atoms with Crippen molar-refractivity contribution in [2.75, 3.05) is 0 Å². The highest BCUT2D eigenvalue weighted by Crippen LogP contribution is 2.54. The molecule has 122 valence electrons. The third-order valence-corrected chi connectivity index (χ3v) is 6.44. The summed E-state index contributed by atoms with van der Waals surface area (Å²) in [5, 5.41) is 0. The number of hydrogen-bond acceptors (Lipinski definition) is 2. The maximum Gasteiger partial charge on any atom is 0.379 e. The average Bonchev–Trinajstić information content (AvgIpc) is 2.58. The second kappa shape index (κ2) is 6.90. The fraction of sp³-hybridized carbons (Fsp3) is 0.368. The lowest BCUT2D eigenvalue weighted by molar-refractivity contribution is 0.343. The van der Waals surface area contributed by atoms with Crippen LogP contribution in [0.3, 0.4) is 0 Å². The van der Waals surface area contributed by atoms with Crippen molar-refractivity contribution in [2.24, 2.45) is 0 Å². The van der Waals surface area contributed by atoms with Gasteiger partial charge in [0.25, 0.3) is 0 Å². The molecule has 1 aliphatic rings. The summed E-state index contributed by atoms with van der Waals surface area (Å²) in [5.41, 5.74) is 2.52. The molecule has 1 unspecified atom stereocenters. The summed E-state index contributed by atoms with van der Waals surface area (Å²) in [6.45, 7) is 1.92. The van der Waals surface area contributed by atoms with Gasteiger partial charge in [-0.05, 0) is 30.9 Å². The highest BCUT2D eigenvalue weighted by Gasteiger charge is 2.35. The molecule has 1 N–H and O–H groups in total. The molecule has 0 saturated heterocycles. The third-order valence-electron chi connectivity index (χ3n) is 4.55. The van der Waals surface area contributed by atoms with E-state index in [1.165, 1.54) is 0 Å². The number of benzene rings is 2. The van der Waals surface area contributed by atoms with Crippen molar-refractivity contribution in [2.45, 2.75) is 44.7 Å². The van der Waals surface area contributed by atoms with E-state index < -0.39 is 7.60 Å². The molecule has 0 heterocycles. The van der Waals surface area contributed by atoms with Crippen LogP contribution in [0, 0.1) is 6.92 Å². The van der Waals surface area contributed by atoms with Gasteiger partial charge in [-0.1, -0.05) is 67.8 Å². The van der Waals surface area contributed by atoms with Gasteiger partial charge in [0.15, 0.2) is 0 Å². The standard InChI is InChI=1S/C19H23O3P/c1-15-9-8-14-18(16-10-4-2-5-11-16)19(15)22-23(20,21)17-12-6-3-7-13-17/h2,4-5,8-11,14,17H,3,6-7,12-13H2,1H3,(H,20,21). The summed E-state index contributed by atoms with van der Waals surface area (Å²) in [4.78, 5) is 10.5. The molecule has 1 fully saturated rings. The van der Waals surface area contributed by atoms with Gasteiger partial charge in [0.2, 0.25) is 0 Å². The van der Waals surface area contributed by atoms with Crippen molar-refractivity contribution in [3.63, 3.8) is 0 Å². The minimum Gasteiger partial charge on any atom is -0.423 e. The lowest BCUT2D eigenvalue weighted by Crippen LogP contribution is -2.16. The molecule has 3 nitrogen and oxygen atoms in total. The third kappa shape index (κ3) is 3.68. The highest BCUT2D eigenvalue weighted by atomic mass is 31.2. The van der Waals surface area contributed by atoms with Crippen molar-refractivity contribution in [1.82, 2.24) is 0 Å². The van der Waals surface area contributed by atoms with Gasteiger partial charge in [0, 0.05) is 5.56 Å². The Bertz CT molecular complexity index is 706. The van der Waals surface area contributed by atoms with Crippen molar-refractivity contribution in [3.8, 4) is 16.9 Å². The molecule has 2 aromatic carbocycles. The molecule has 0 aromatic heterocycles. The predicted octanol–water partition coefficient (Wildman–Crippen LogP) is 5.56. The molecular formula is C19H23O3P. The maximum absolute atomic E-state index is 12.8. The zero-order valence-electron chi connectivity index (χ0n) is 13.4. The second-order valence-corrected chi connectivity index (χ2v) is 8.31. The van der Waals surface area contributed by atoms with Gasteiger partial charge in [-0.25, -0.2) is 4.57 Å². The van der Waals surface area contributed by atoms with E-state index in [0.29, 0.717) is 5.75 Å². The van der Waals surface area contributed by atoms with Crippen LogP contribution in [-0.2, 0) is 4.57 Å². The summed E-state index contributed by atoms with van der Waals surface area (Å²) < 4.78 is 18.6. The van der Waals surface area contributed by atoms with Crippen LogP contribution in [0.15, 0.2) is 48.5 Å². The van der Waals surface area contributed by atoms with Crippen LogP contribution in [0.25, 0.3) is 11.1 Å². The molecule has 2 aromatic rings. The zero-order valence-corrected chi connectivity index (χ0v) is 14.3. The van der Waals surface area contributed by atoms with Crippen LogP contribution < -0.4 is 4.52 Å². The number of rotatable bonds is 4. The molecule has 0 spiro atoms. The van der Waals surface area contributed by atoms with Crippen molar-refractivity contribution >= 4 is 7.60 Å². The molecule has 1 saturated carbocycles. The van der Waals surface area contributed by atoms with Crippen LogP contribution >= 0.6 is 7.60 Å². The fourth-order valence-electron chi connectivity index (χ4n) is 3.23. The van der Waals surface area contributed by atoms with Crippen LogP contribution in [-0.4, -0.2) is 10.6 Å². The minimum absolute atomic E-state index is 0.237. The van der Waals surface area contributed by atoms with Crippen molar-refractivity contribution in [1.29, 1.82) is 0 Å². The summed E-state index contributed by atoms with van der Waals surface area (Å²) in [5.74, 6) is 0.537. The Morgan fingerprint density at radius 2 is 1.70 bits per heavy atom. The predicted molar refractivity (Wildman–Crippen MR) is 93.9 cm³/mol. The van der Waals surface area contributed by atoms with Gasteiger partial charge in [-0.2, -0.15) is 0 Å². The van der Waals surface area contributed by atoms with Crippen LogP contribution in [0.2, 0.25) is 0 Å². The molecule has 0 bridgehead atoms. The van der Waals surface area contributed by atoms with Gasteiger partial charge >= 0.3 is 7.60 Å². The first-order chi connectivity index (χ1) is 11.1. The van der Waals surface area contributed by atoms with Gasteiger partial charge < -0.3 is 9.42 Å². The molecule has 3 rings (SSSR count). The van der Waals surface area contributed by atoms with E-state index in [0.717, 1.165) is 48.8 Å². The zero-order chi connectivity index (χ0) is 16.3. The second-order valence-electron chi connectivity index (χ2n) is 6.26. The lowest BCUT2D eigenvalue weighted by atomic mass is 10.0. The van der Waals surface area contributed by atoms with E-state index in [1.54, 1.807) is 0 Å². The Hall–Kier alpha value is -1.57. The van der Waals surface area contributed by atoms with E-state index >= 15 is 0 Å². The van der Waals surface area contributed by atoms with Crippen LogP contribution in [0.5, 0.6) is 5.75 Å². The molecule has 1 atom stereocenters. The van der Waals surface area contributed by atoms with Gasteiger partial charge in [-0.3, -0.25) is 0 Å². The monoisotopic (exact) mass is 330 g/mol. The lowest BCUT2D eigenvalue weighted by Gasteiger charge is -2.27. The fourth-order valence-corrected chi connectivity index (χ4v) is 4.90. The number of aryl methyl sites for hydroxylation is 1. The summed E-state index contributed by atoms with van der Waals surface area (Å²) >= 11 is 0. The quantitative estimate of drug-likeness (QED) is 0.747. The van der Waals surface area contributed by atoms with E-state index in [2.05, 4.69) is 0 Å². The first-order valence-electron chi connectivity index (χ1n) is 8.25. The van der Waals surface area contributed by atoms with E-state index in [1.807, 2.05) is 55.5 Å². The smallest absolute Gasteiger partial charge is 0.379 e. The summed E-state index contributed by atoms with van der Waals surface area (Å²) in [6.07, 6.45) is 4.73. The Kier molecular flexibility index (Phi) is 4.89. The SMILES string of the molecule is Cc1cccc(-c2ccccc2)c1OP(=O)(O)C1CCCCC1. The molecule has 4 heteroatoms. The number of hydrogen-bond donors (Lipinski definition) is 1. The maximum atomic E-state index is 12.8. The van der Waals surface area contributed by atoms with Gasteiger partial charge in [0.1, 0.15) is 5.75 Å². The minimum atomic E-state index is -3.66. The molecule has 0 radical (unpaired) electrons. The van der Waals surface area contributed by atoms with E-state index in [-0.39, 0.29) is 5.66 Å². The van der Waals surface area contributed by atoms with Crippen LogP contribution in [0.1, 0.15) is 37.7 Å².